The molecule has 1 unspecified atom stereocenters. The molecule has 0 aliphatic heterocycles. The summed E-state index contributed by atoms with van der Waals surface area (Å²) in [5, 5.41) is 17.5. The fourth-order valence-corrected chi connectivity index (χ4v) is 1.57. The van der Waals surface area contributed by atoms with Crippen molar-refractivity contribution in [1.82, 2.24) is 4.57 Å². The highest BCUT2D eigenvalue weighted by molar-refractivity contribution is 5.71. The number of nitrogens with zero attached hydrogens (tertiary/aromatic N) is 1. The van der Waals surface area contributed by atoms with E-state index in [-0.39, 0.29) is 6.42 Å². The molecule has 0 fully saturated rings. The second-order valence-corrected chi connectivity index (χ2v) is 3.62. The Morgan fingerprint density at radius 3 is 2.25 bits per heavy atom. The minimum atomic E-state index is -0.883. The first-order valence-electron chi connectivity index (χ1n) is 5.18. The summed E-state index contributed by atoms with van der Waals surface area (Å²) in [6.45, 7) is 0. The molecule has 0 radical (unpaired) electrons. The molecule has 0 bridgehead atoms. The van der Waals surface area contributed by atoms with Crippen LogP contribution in [0.4, 0.5) is 0 Å². The van der Waals surface area contributed by atoms with E-state index >= 15 is 0 Å². The number of unbranched alkanes of at least 4 members (excludes halogenated alkanes) is 1. The molecule has 1 aromatic heterocycles. The van der Waals surface area contributed by atoms with Crippen LogP contribution in [0, 0.1) is 0 Å². The summed E-state index contributed by atoms with van der Waals surface area (Å²) < 4.78 is 1.63. The smallest absolute Gasteiger partial charge is 0.326 e. The van der Waals surface area contributed by atoms with Gasteiger partial charge in [-0.25, -0.2) is 4.79 Å². The molecule has 5 heteroatoms. The minimum Gasteiger partial charge on any atom is -0.481 e. The normalized spacial score (nSPS) is 12.2. The Bertz CT molecular complexity index is 345. The molecule has 0 aliphatic carbocycles. The number of aromatic nitrogens is 1. The van der Waals surface area contributed by atoms with Crippen molar-refractivity contribution >= 4 is 11.9 Å². The first-order chi connectivity index (χ1) is 7.61. The molecule has 5 nitrogen and oxygen atoms in total. The van der Waals surface area contributed by atoms with Gasteiger partial charge < -0.3 is 14.8 Å². The average Bonchev–Trinajstić information content (AvgIpc) is 2.69. The number of aliphatic carboxylic acids is 2. The van der Waals surface area contributed by atoms with Crippen LogP contribution in [-0.4, -0.2) is 26.7 Å². The molecule has 1 aromatic rings. The van der Waals surface area contributed by atoms with Gasteiger partial charge in [0.2, 0.25) is 0 Å². The summed E-state index contributed by atoms with van der Waals surface area (Å²) in [5.74, 6) is -1.72. The largest absolute Gasteiger partial charge is 0.481 e. The van der Waals surface area contributed by atoms with Gasteiger partial charge in [-0.2, -0.15) is 0 Å². The Morgan fingerprint density at radius 2 is 1.75 bits per heavy atom. The van der Waals surface area contributed by atoms with Crippen LogP contribution in [0.3, 0.4) is 0 Å². The molecule has 0 aliphatic rings. The molecule has 88 valence electrons. The van der Waals surface area contributed by atoms with E-state index in [2.05, 4.69) is 0 Å². The van der Waals surface area contributed by atoms with E-state index in [0.717, 1.165) is 0 Å². The van der Waals surface area contributed by atoms with Crippen LogP contribution in [0.25, 0.3) is 0 Å². The van der Waals surface area contributed by atoms with E-state index in [9.17, 15) is 9.59 Å². The summed E-state index contributed by atoms with van der Waals surface area (Å²) >= 11 is 0. The maximum Gasteiger partial charge on any atom is 0.326 e. The summed E-state index contributed by atoms with van der Waals surface area (Å²) in [5.41, 5.74) is 0. The van der Waals surface area contributed by atoms with Gasteiger partial charge in [0, 0.05) is 18.8 Å². The number of carboxylic acids is 2. The molecule has 2 N–H and O–H groups in total. The Labute approximate surface area is 93.3 Å². The fraction of sp³-hybridized carbons (Fsp3) is 0.455. The zero-order valence-electron chi connectivity index (χ0n) is 8.87. The number of carboxylic acid groups (broad SMARTS) is 2. The van der Waals surface area contributed by atoms with Crippen molar-refractivity contribution in [2.24, 2.45) is 0 Å². The van der Waals surface area contributed by atoms with E-state index < -0.39 is 18.0 Å². The van der Waals surface area contributed by atoms with Crippen molar-refractivity contribution in [3.8, 4) is 0 Å². The Balaban J connectivity index is 2.41. The third-order valence-electron chi connectivity index (χ3n) is 2.39. The predicted molar refractivity (Wildman–Crippen MR) is 57.2 cm³/mol. The summed E-state index contributed by atoms with van der Waals surface area (Å²) in [6.07, 6.45) is 5.07. The highest BCUT2D eigenvalue weighted by atomic mass is 16.4. The first kappa shape index (κ1) is 12.3. The monoisotopic (exact) mass is 225 g/mol. The van der Waals surface area contributed by atoms with E-state index in [1.165, 1.54) is 0 Å². The van der Waals surface area contributed by atoms with Gasteiger partial charge in [0.15, 0.2) is 0 Å². The molecule has 1 rings (SSSR count). The van der Waals surface area contributed by atoms with Crippen molar-refractivity contribution < 1.29 is 19.8 Å². The van der Waals surface area contributed by atoms with Crippen LogP contribution >= 0.6 is 0 Å². The lowest BCUT2D eigenvalue weighted by molar-refractivity contribution is -0.141. The standard InChI is InChI=1S/C11H15NO4/c13-10(14)6-2-1-5-9(11(15)16)12-7-3-4-8-12/h3-4,7-9H,1-2,5-6H2,(H,13,14)(H,15,16). The van der Waals surface area contributed by atoms with Crippen LogP contribution in [0.5, 0.6) is 0 Å². The lowest BCUT2D eigenvalue weighted by atomic mass is 10.1. The topological polar surface area (TPSA) is 79.5 Å². The van der Waals surface area contributed by atoms with Gasteiger partial charge in [-0.15, -0.1) is 0 Å². The van der Waals surface area contributed by atoms with Crippen LogP contribution < -0.4 is 0 Å². The van der Waals surface area contributed by atoms with E-state index in [1.807, 2.05) is 0 Å². The third-order valence-corrected chi connectivity index (χ3v) is 2.39. The number of hydrogen-bond donors (Lipinski definition) is 2. The molecular formula is C11H15NO4. The number of hydrogen-bond acceptors (Lipinski definition) is 2. The van der Waals surface area contributed by atoms with Crippen molar-refractivity contribution in [1.29, 1.82) is 0 Å². The molecule has 0 saturated heterocycles. The van der Waals surface area contributed by atoms with Gasteiger partial charge in [-0.3, -0.25) is 4.79 Å². The summed E-state index contributed by atoms with van der Waals surface area (Å²) in [4.78, 5) is 21.3. The van der Waals surface area contributed by atoms with Gasteiger partial charge in [0.05, 0.1) is 0 Å². The SMILES string of the molecule is O=C(O)CCCCC(C(=O)O)n1cccc1. The molecule has 16 heavy (non-hydrogen) atoms. The van der Waals surface area contributed by atoms with Crippen LogP contribution in [0.15, 0.2) is 24.5 Å². The Hall–Kier alpha value is -1.78. The quantitative estimate of drug-likeness (QED) is 0.693. The number of rotatable bonds is 7. The van der Waals surface area contributed by atoms with Crippen LogP contribution in [-0.2, 0) is 9.59 Å². The van der Waals surface area contributed by atoms with Gasteiger partial charge >= 0.3 is 11.9 Å². The lowest BCUT2D eigenvalue weighted by Crippen LogP contribution is -2.17. The second-order valence-electron chi connectivity index (χ2n) is 3.62. The van der Waals surface area contributed by atoms with Crippen molar-refractivity contribution in [2.75, 3.05) is 0 Å². The second kappa shape index (κ2) is 5.95. The zero-order chi connectivity index (χ0) is 12.0. The van der Waals surface area contributed by atoms with Gasteiger partial charge in [0.25, 0.3) is 0 Å². The number of carbonyl (C=O) groups is 2. The highest BCUT2D eigenvalue weighted by Gasteiger charge is 2.17. The Kier molecular flexibility index (Phi) is 4.57. The molecule has 1 atom stereocenters. The van der Waals surface area contributed by atoms with Gasteiger partial charge in [-0.05, 0) is 25.0 Å². The van der Waals surface area contributed by atoms with Crippen LogP contribution in [0.1, 0.15) is 31.7 Å². The van der Waals surface area contributed by atoms with Crippen LogP contribution in [0.2, 0.25) is 0 Å². The lowest BCUT2D eigenvalue weighted by Gasteiger charge is -2.13. The van der Waals surface area contributed by atoms with Crippen molar-refractivity contribution in [3.63, 3.8) is 0 Å². The van der Waals surface area contributed by atoms with E-state index in [0.29, 0.717) is 19.3 Å². The zero-order valence-corrected chi connectivity index (χ0v) is 8.87. The highest BCUT2D eigenvalue weighted by Crippen LogP contribution is 2.16. The first-order valence-corrected chi connectivity index (χ1v) is 5.18. The van der Waals surface area contributed by atoms with Crippen molar-refractivity contribution in [2.45, 2.75) is 31.7 Å². The van der Waals surface area contributed by atoms with Gasteiger partial charge in [0.1, 0.15) is 6.04 Å². The molecule has 0 spiro atoms. The maximum atomic E-state index is 11.0. The van der Waals surface area contributed by atoms with Crippen molar-refractivity contribution in [3.05, 3.63) is 24.5 Å². The summed E-state index contributed by atoms with van der Waals surface area (Å²) in [6, 6.07) is 2.95. The summed E-state index contributed by atoms with van der Waals surface area (Å²) in [7, 11) is 0. The van der Waals surface area contributed by atoms with Gasteiger partial charge in [-0.1, -0.05) is 6.42 Å². The average molecular weight is 225 g/mol. The molecule has 0 aromatic carbocycles. The maximum absolute atomic E-state index is 11.0. The molecule has 0 saturated carbocycles. The van der Waals surface area contributed by atoms with E-state index in [1.54, 1.807) is 29.1 Å². The molecular weight excluding hydrogens is 210 g/mol. The molecule has 0 amide bonds. The third kappa shape index (κ3) is 3.76. The minimum absolute atomic E-state index is 0.0953. The predicted octanol–water partition coefficient (Wildman–Crippen LogP) is 1.76. The fourth-order valence-electron chi connectivity index (χ4n) is 1.57. The Morgan fingerprint density at radius 1 is 1.12 bits per heavy atom. The van der Waals surface area contributed by atoms with E-state index in [4.69, 9.17) is 10.2 Å². The molecule has 1 heterocycles.